The smallest absolute Gasteiger partial charge is 0.274 e. The number of aromatic nitrogens is 2. The van der Waals surface area contributed by atoms with Gasteiger partial charge in [0.1, 0.15) is 11.4 Å². The van der Waals surface area contributed by atoms with Crippen molar-refractivity contribution in [3.8, 4) is 5.75 Å². The van der Waals surface area contributed by atoms with Gasteiger partial charge in [0.25, 0.3) is 17.4 Å². The fraction of sp³-hybridized carbons (Fsp3) is 0.280. The number of rotatable bonds is 5. The second kappa shape index (κ2) is 8.90. The number of benzene rings is 1. The average Bonchev–Trinajstić information content (AvgIpc) is 2.85. The maximum absolute atomic E-state index is 13.1. The molecule has 0 aliphatic carbocycles. The summed E-state index contributed by atoms with van der Waals surface area (Å²) in [6.07, 6.45) is 4.01. The van der Waals surface area contributed by atoms with E-state index in [-0.39, 0.29) is 41.5 Å². The van der Waals surface area contributed by atoms with Gasteiger partial charge in [0.05, 0.1) is 0 Å². The summed E-state index contributed by atoms with van der Waals surface area (Å²) < 4.78 is 7.38. The van der Waals surface area contributed by atoms with Gasteiger partial charge in [-0.25, -0.2) is 0 Å². The third kappa shape index (κ3) is 4.37. The fourth-order valence-electron chi connectivity index (χ4n) is 4.70. The van der Waals surface area contributed by atoms with Crippen LogP contribution in [0, 0.1) is 5.92 Å². The molecule has 2 bridgehead atoms. The second-order valence-electron chi connectivity index (χ2n) is 8.48. The number of ether oxygens (including phenoxy) is 1. The molecular weight excluding hydrogens is 420 g/mol. The van der Waals surface area contributed by atoms with E-state index in [4.69, 9.17) is 4.74 Å². The summed E-state index contributed by atoms with van der Waals surface area (Å²) in [5.74, 6) is 0.532. The van der Waals surface area contributed by atoms with Gasteiger partial charge in [-0.15, -0.1) is 0 Å². The summed E-state index contributed by atoms with van der Waals surface area (Å²) in [5.41, 5.74) is 1.39. The number of hydrogen-bond donors (Lipinski definition) is 1. The van der Waals surface area contributed by atoms with Crippen LogP contribution in [0.15, 0.2) is 71.8 Å². The quantitative estimate of drug-likeness (QED) is 0.653. The molecule has 1 fully saturated rings. The number of piperidine rings is 1. The molecule has 0 saturated carbocycles. The van der Waals surface area contributed by atoms with E-state index in [0.29, 0.717) is 30.9 Å². The van der Waals surface area contributed by atoms with Crippen molar-refractivity contribution < 1.29 is 14.3 Å². The Balaban J connectivity index is 1.29. The van der Waals surface area contributed by atoms with Crippen LogP contribution in [0.3, 0.4) is 0 Å². The Hall–Kier alpha value is -3.94. The van der Waals surface area contributed by atoms with Gasteiger partial charge in [0, 0.05) is 49.2 Å². The zero-order valence-electron chi connectivity index (χ0n) is 18.0. The molecule has 2 aliphatic heterocycles. The molecule has 1 saturated heterocycles. The SMILES string of the molecule is O=C(Nc1ccc2n(c1=O)C[C@@H]1C[C@@H]2CN(C(=O)COc2ccccc2)C1)c1ccncc1. The van der Waals surface area contributed by atoms with E-state index in [1.165, 1.54) is 12.4 Å². The summed E-state index contributed by atoms with van der Waals surface area (Å²) in [7, 11) is 0. The number of nitrogens with one attached hydrogen (secondary N) is 1. The molecule has 5 rings (SSSR count). The highest BCUT2D eigenvalue weighted by molar-refractivity contribution is 6.04. The van der Waals surface area contributed by atoms with Crippen molar-refractivity contribution in [2.45, 2.75) is 18.9 Å². The summed E-state index contributed by atoms with van der Waals surface area (Å²) >= 11 is 0. The molecule has 0 spiro atoms. The monoisotopic (exact) mass is 444 g/mol. The van der Waals surface area contributed by atoms with Gasteiger partial charge in [-0.2, -0.15) is 0 Å². The molecule has 2 atom stereocenters. The first kappa shape index (κ1) is 20.9. The number of anilines is 1. The third-order valence-electron chi connectivity index (χ3n) is 6.25. The molecule has 2 aliphatic rings. The Morgan fingerprint density at radius 1 is 1.00 bits per heavy atom. The lowest BCUT2D eigenvalue weighted by molar-refractivity contribution is -0.136. The zero-order valence-corrected chi connectivity index (χ0v) is 18.0. The average molecular weight is 444 g/mol. The normalized spacial score (nSPS) is 18.8. The first-order chi connectivity index (χ1) is 16.1. The van der Waals surface area contributed by atoms with Gasteiger partial charge in [0.15, 0.2) is 6.61 Å². The molecule has 3 aromatic rings. The number of hydrogen-bond acceptors (Lipinski definition) is 5. The van der Waals surface area contributed by atoms with Crippen LogP contribution in [0.1, 0.15) is 28.4 Å². The Kier molecular flexibility index (Phi) is 5.64. The minimum atomic E-state index is -0.346. The van der Waals surface area contributed by atoms with Gasteiger partial charge >= 0.3 is 0 Å². The number of fused-ring (bicyclic) bond motifs is 4. The lowest BCUT2D eigenvalue weighted by Gasteiger charge is -2.42. The minimum Gasteiger partial charge on any atom is -0.484 e. The topological polar surface area (TPSA) is 93.5 Å². The lowest BCUT2D eigenvalue weighted by atomic mass is 9.83. The van der Waals surface area contributed by atoms with Crippen LogP contribution in [0.25, 0.3) is 0 Å². The van der Waals surface area contributed by atoms with Gasteiger partial charge < -0.3 is 19.5 Å². The van der Waals surface area contributed by atoms with Crippen LogP contribution >= 0.6 is 0 Å². The van der Waals surface area contributed by atoms with Crippen molar-refractivity contribution in [2.75, 3.05) is 25.0 Å². The molecule has 0 unspecified atom stereocenters. The number of carbonyl (C=O) groups is 2. The van der Waals surface area contributed by atoms with Crippen molar-refractivity contribution in [3.63, 3.8) is 0 Å². The van der Waals surface area contributed by atoms with Crippen molar-refractivity contribution >= 4 is 17.5 Å². The molecule has 2 amide bonds. The van der Waals surface area contributed by atoms with Crippen LogP contribution in [-0.4, -0.2) is 46.0 Å². The summed E-state index contributed by atoms with van der Waals surface area (Å²) in [4.78, 5) is 44.1. The Morgan fingerprint density at radius 2 is 1.79 bits per heavy atom. The highest BCUT2D eigenvalue weighted by Gasteiger charge is 2.36. The Morgan fingerprint density at radius 3 is 2.58 bits per heavy atom. The van der Waals surface area contributed by atoms with E-state index in [2.05, 4.69) is 10.3 Å². The van der Waals surface area contributed by atoms with Crippen LogP contribution in [0.5, 0.6) is 5.75 Å². The largest absolute Gasteiger partial charge is 0.484 e. The molecule has 8 heteroatoms. The highest BCUT2D eigenvalue weighted by Crippen LogP contribution is 2.35. The maximum atomic E-state index is 13.1. The molecule has 168 valence electrons. The Bertz CT molecular complexity index is 1230. The van der Waals surface area contributed by atoms with E-state index in [9.17, 15) is 14.4 Å². The predicted molar refractivity (Wildman–Crippen MR) is 122 cm³/mol. The highest BCUT2D eigenvalue weighted by atomic mass is 16.5. The number of likely N-dealkylation sites (tertiary alicyclic amines) is 1. The summed E-state index contributed by atoms with van der Waals surface area (Å²) in [5, 5.41) is 2.72. The zero-order chi connectivity index (χ0) is 22.8. The second-order valence-corrected chi connectivity index (χ2v) is 8.48. The first-order valence-electron chi connectivity index (χ1n) is 11.0. The van der Waals surface area contributed by atoms with Gasteiger partial charge in [-0.1, -0.05) is 18.2 Å². The van der Waals surface area contributed by atoms with Gasteiger partial charge in [-0.05, 0) is 48.7 Å². The minimum absolute atomic E-state index is 0.00374. The first-order valence-corrected chi connectivity index (χ1v) is 11.0. The molecule has 2 aromatic heterocycles. The van der Waals surface area contributed by atoms with Gasteiger partial charge in [0.2, 0.25) is 0 Å². The lowest BCUT2D eigenvalue weighted by Crippen LogP contribution is -2.50. The van der Waals surface area contributed by atoms with E-state index in [1.807, 2.05) is 41.3 Å². The van der Waals surface area contributed by atoms with Crippen molar-refractivity contribution in [2.24, 2.45) is 5.92 Å². The number of nitrogens with zero attached hydrogens (tertiary/aromatic N) is 3. The van der Waals surface area contributed by atoms with Crippen LogP contribution in [0.2, 0.25) is 0 Å². The predicted octanol–water partition coefficient (Wildman–Crippen LogP) is 2.52. The van der Waals surface area contributed by atoms with E-state index in [1.54, 1.807) is 22.8 Å². The van der Waals surface area contributed by atoms with Crippen molar-refractivity contribution in [1.29, 1.82) is 0 Å². The van der Waals surface area contributed by atoms with E-state index in [0.717, 1.165) is 12.1 Å². The van der Waals surface area contributed by atoms with Crippen LogP contribution < -0.4 is 15.6 Å². The molecule has 1 aromatic carbocycles. The fourth-order valence-corrected chi connectivity index (χ4v) is 4.70. The van der Waals surface area contributed by atoms with Crippen molar-refractivity contribution in [1.82, 2.24) is 14.5 Å². The summed E-state index contributed by atoms with van der Waals surface area (Å²) in [6, 6.07) is 16.0. The number of para-hydroxylation sites is 1. The molecule has 33 heavy (non-hydrogen) atoms. The third-order valence-corrected chi connectivity index (χ3v) is 6.25. The molecule has 4 heterocycles. The molecule has 0 radical (unpaired) electrons. The van der Waals surface area contributed by atoms with E-state index >= 15 is 0 Å². The van der Waals surface area contributed by atoms with E-state index < -0.39 is 0 Å². The van der Waals surface area contributed by atoms with Crippen LogP contribution in [0.4, 0.5) is 5.69 Å². The number of pyridine rings is 2. The van der Waals surface area contributed by atoms with Crippen LogP contribution in [-0.2, 0) is 11.3 Å². The summed E-state index contributed by atoms with van der Waals surface area (Å²) in [6.45, 7) is 1.66. The van der Waals surface area contributed by atoms with Gasteiger partial charge in [-0.3, -0.25) is 19.4 Å². The maximum Gasteiger partial charge on any atom is 0.274 e. The molecular formula is C25H24N4O4. The molecule has 8 nitrogen and oxygen atoms in total. The Labute approximate surface area is 190 Å². The number of amides is 2. The van der Waals surface area contributed by atoms with Crippen molar-refractivity contribution in [3.05, 3.63) is 88.6 Å². The molecule has 1 N–H and O–H groups in total. The number of carbonyl (C=O) groups excluding carboxylic acids is 2. The standard InChI is InChI=1S/C25H24N4O4/c30-23(16-33-20-4-2-1-3-5-20)28-13-17-12-19(15-28)22-7-6-21(25(32)29(22)14-17)27-24(31)18-8-10-26-11-9-18/h1-11,17,19H,12-16H2,(H,27,31)/t17-,19-/m1/s1.